The summed E-state index contributed by atoms with van der Waals surface area (Å²) in [7, 11) is -3.53. The fourth-order valence-corrected chi connectivity index (χ4v) is 3.09. The molecule has 0 aromatic heterocycles. The number of hydrogen-bond acceptors (Lipinski definition) is 3. The maximum Gasteiger partial charge on any atom is 0.212 e. The van der Waals surface area contributed by atoms with Gasteiger partial charge in [-0.05, 0) is 18.1 Å². The van der Waals surface area contributed by atoms with E-state index in [0.29, 0.717) is 6.42 Å². The van der Waals surface area contributed by atoms with E-state index in [-0.39, 0.29) is 17.9 Å². The molecule has 0 radical (unpaired) electrons. The largest absolute Gasteiger partial charge is 0.387 e. The molecule has 118 valence electrons. The second kappa shape index (κ2) is 7.49. The van der Waals surface area contributed by atoms with Crippen molar-refractivity contribution in [3.8, 4) is 0 Å². The summed E-state index contributed by atoms with van der Waals surface area (Å²) < 4.78 is 39.6. The summed E-state index contributed by atoms with van der Waals surface area (Å²) >= 11 is 0. The Kier molecular flexibility index (Phi) is 5.65. The molecule has 22 heavy (non-hydrogen) atoms. The lowest BCUT2D eigenvalue weighted by atomic mass is 10.1. The number of benzene rings is 2. The lowest BCUT2D eigenvalue weighted by molar-refractivity contribution is 0.177. The van der Waals surface area contributed by atoms with E-state index >= 15 is 0 Å². The fraction of sp³-hybridized carbons (Fsp3) is 0.250. The summed E-state index contributed by atoms with van der Waals surface area (Å²) in [6.07, 6.45) is -0.834. The molecule has 0 aliphatic carbocycles. The first-order valence-corrected chi connectivity index (χ1v) is 8.57. The van der Waals surface area contributed by atoms with Gasteiger partial charge in [-0.1, -0.05) is 48.5 Å². The van der Waals surface area contributed by atoms with Gasteiger partial charge in [-0.2, -0.15) is 0 Å². The molecule has 0 aliphatic rings. The molecule has 0 bridgehead atoms. The summed E-state index contributed by atoms with van der Waals surface area (Å²) in [5.41, 5.74) is 0.996. The van der Waals surface area contributed by atoms with Crippen LogP contribution in [0.25, 0.3) is 0 Å². The van der Waals surface area contributed by atoms with E-state index < -0.39 is 21.9 Å². The van der Waals surface area contributed by atoms with Crippen LogP contribution in [0.2, 0.25) is 0 Å². The van der Waals surface area contributed by atoms with Gasteiger partial charge in [0, 0.05) is 12.1 Å². The number of rotatable bonds is 7. The van der Waals surface area contributed by atoms with Crippen molar-refractivity contribution in [2.75, 3.05) is 12.3 Å². The highest BCUT2D eigenvalue weighted by Gasteiger charge is 2.16. The monoisotopic (exact) mass is 323 g/mol. The van der Waals surface area contributed by atoms with Crippen molar-refractivity contribution >= 4 is 10.0 Å². The van der Waals surface area contributed by atoms with Crippen molar-refractivity contribution in [3.05, 3.63) is 71.5 Å². The van der Waals surface area contributed by atoms with Gasteiger partial charge in [0.05, 0.1) is 11.9 Å². The van der Waals surface area contributed by atoms with E-state index in [1.165, 1.54) is 18.2 Å². The third-order valence-corrected chi connectivity index (χ3v) is 4.61. The summed E-state index contributed by atoms with van der Waals surface area (Å²) in [6.45, 7) is -0.252. The number of aliphatic hydroxyl groups excluding tert-OH is 1. The smallest absolute Gasteiger partial charge is 0.212 e. The maximum atomic E-state index is 13.5. The molecule has 0 aliphatic heterocycles. The van der Waals surface area contributed by atoms with Crippen LogP contribution in [0.4, 0.5) is 4.39 Å². The molecule has 0 saturated carbocycles. The molecule has 2 N–H and O–H groups in total. The Balaban J connectivity index is 1.88. The van der Waals surface area contributed by atoms with E-state index in [1.807, 2.05) is 30.3 Å². The van der Waals surface area contributed by atoms with E-state index in [9.17, 15) is 17.9 Å². The normalized spacial score (nSPS) is 13.0. The lowest BCUT2D eigenvalue weighted by Gasteiger charge is -2.13. The van der Waals surface area contributed by atoms with Crippen LogP contribution in [-0.4, -0.2) is 25.8 Å². The molecule has 2 aromatic carbocycles. The second-order valence-corrected chi connectivity index (χ2v) is 6.87. The van der Waals surface area contributed by atoms with Crippen LogP contribution < -0.4 is 4.72 Å². The Morgan fingerprint density at radius 1 is 1.05 bits per heavy atom. The summed E-state index contributed by atoms with van der Waals surface area (Å²) in [5.74, 6) is -0.639. The SMILES string of the molecule is O=S(=O)(CCc1ccccc1)NC[C@H](O)c1ccccc1F. The highest BCUT2D eigenvalue weighted by atomic mass is 32.2. The van der Waals surface area contributed by atoms with E-state index in [1.54, 1.807) is 6.07 Å². The molecule has 0 amide bonds. The molecular weight excluding hydrogens is 305 g/mol. The van der Waals surface area contributed by atoms with Gasteiger partial charge < -0.3 is 5.11 Å². The van der Waals surface area contributed by atoms with Gasteiger partial charge in [-0.3, -0.25) is 0 Å². The van der Waals surface area contributed by atoms with Crippen LogP contribution >= 0.6 is 0 Å². The van der Waals surface area contributed by atoms with Crippen LogP contribution in [0.1, 0.15) is 17.2 Å². The zero-order chi connectivity index (χ0) is 16.0. The van der Waals surface area contributed by atoms with E-state index in [4.69, 9.17) is 0 Å². The molecule has 0 unspecified atom stereocenters. The maximum absolute atomic E-state index is 13.5. The van der Waals surface area contributed by atoms with Gasteiger partial charge in [0.15, 0.2) is 0 Å². The molecule has 4 nitrogen and oxygen atoms in total. The molecule has 2 rings (SSSR count). The third-order valence-electron chi connectivity index (χ3n) is 3.26. The highest BCUT2D eigenvalue weighted by molar-refractivity contribution is 7.89. The molecular formula is C16H18FNO3S. The van der Waals surface area contributed by atoms with Gasteiger partial charge >= 0.3 is 0 Å². The van der Waals surface area contributed by atoms with Gasteiger partial charge in [-0.25, -0.2) is 17.5 Å². The van der Waals surface area contributed by atoms with Crippen LogP contribution in [0.3, 0.4) is 0 Å². The average molecular weight is 323 g/mol. The number of hydrogen-bond donors (Lipinski definition) is 2. The number of halogens is 1. The zero-order valence-corrected chi connectivity index (χ0v) is 12.8. The summed E-state index contributed by atoms with van der Waals surface area (Å²) in [5, 5.41) is 9.88. The van der Waals surface area contributed by atoms with Gasteiger partial charge in [-0.15, -0.1) is 0 Å². The molecule has 0 fully saturated rings. The van der Waals surface area contributed by atoms with E-state index in [0.717, 1.165) is 5.56 Å². The minimum Gasteiger partial charge on any atom is -0.387 e. The van der Waals surface area contributed by atoms with Gasteiger partial charge in [0.25, 0.3) is 0 Å². The first-order chi connectivity index (χ1) is 10.5. The zero-order valence-electron chi connectivity index (χ0n) is 11.9. The Labute approximate surface area is 129 Å². The molecule has 0 saturated heterocycles. The predicted molar refractivity (Wildman–Crippen MR) is 83.3 cm³/mol. The summed E-state index contributed by atoms with van der Waals surface area (Å²) in [6, 6.07) is 15.0. The Morgan fingerprint density at radius 3 is 2.36 bits per heavy atom. The van der Waals surface area contributed by atoms with Crippen LogP contribution in [0, 0.1) is 5.82 Å². The van der Waals surface area contributed by atoms with Crippen molar-refractivity contribution in [2.45, 2.75) is 12.5 Å². The predicted octanol–water partition coefficient (Wildman–Crippen LogP) is 2.02. The first-order valence-electron chi connectivity index (χ1n) is 6.92. The van der Waals surface area contributed by atoms with Crippen LogP contribution in [-0.2, 0) is 16.4 Å². The first kappa shape index (κ1) is 16.6. The lowest BCUT2D eigenvalue weighted by Crippen LogP contribution is -2.31. The number of aryl methyl sites for hydroxylation is 1. The number of nitrogens with one attached hydrogen (secondary N) is 1. The third kappa shape index (κ3) is 4.91. The minimum atomic E-state index is -3.53. The highest BCUT2D eigenvalue weighted by Crippen LogP contribution is 2.15. The van der Waals surface area contributed by atoms with Crippen molar-refractivity contribution in [1.82, 2.24) is 4.72 Å². The fourth-order valence-electron chi connectivity index (χ4n) is 2.03. The summed E-state index contributed by atoms with van der Waals surface area (Å²) in [4.78, 5) is 0. The Hall–Kier alpha value is -1.76. The van der Waals surface area contributed by atoms with Crippen molar-refractivity contribution in [1.29, 1.82) is 0 Å². The molecule has 0 heterocycles. The minimum absolute atomic E-state index is 0.0771. The molecule has 2 aromatic rings. The van der Waals surface area contributed by atoms with E-state index in [2.05, 4.69) is 4.72 Å². The van der Waals surface area contributed by atoms with Crippen LogP contribution in [0.5, 0.6) is 0 Å². The number of aliphatic hydroxyl groups is 1. The van der Waals surface area contributed by atoms with Crippen molar-refractivity contribution < 1.29 is 17.9 Å². The standard InChI is InChI=1S/C16H18FNO3S/c17-15-9-5-4-8-14(15)16(19)12-18-22(20,21)11-10-13-6-2-1-3-7-13/h1-9,16,18-19H,10-12H2/t16-/m0/s1. The average Bonchev–Trinajstić information content (AvgIpc) is 2.52. The van der Waals surface area contributed by atoms with Crippen molar-refractivity contribution in [3.63, 3.8) is 0 Å². The Morgan fingerprint density at radius 2 is 1.68 bits per heavy atom. The molecule has 1 atom stereocenters. The Bertz CT molecular complexity index is 704. The molecule has 0 spiro atoms. The quantitative estimate of drug-likeness (QED) is 0.819. The number of sulfonamides is 1. The van der Waals surface area contributed by atoms with Gasteiger partial charge in [0.1, 0.15) is 5.82 Å². The molecule has 6 heteroatoms. The topological polar surface area (TPSA) is 66.4 Å². The second-order valence-electron chi connectivity index (χ2n) is 4.94. The van der Waals surface area contributed by atoms with Crippen LogP contribution in [0.15, 0.2) is 54.6 Å². The van der Waals surface area contributed by atoms with Crippen molar-refractivity contribution in [2.24, 2.45) is 0 Å². The van der Waals surface area contributed by atoms with Gasteiger partial charge in [0.2, 0.25) is 10.0 Å².